The fraction of sp³-hybridized carbons (Fsp3) is 0.500. The number of carbonyl (C=O) groups is 1. The first-order chi connectivity index (χ1) is 8.58. The van der Waals surface area contributed by atoms with E-state index in [0.29, 0.717) is 18.2 Å². The van der Waals surface area contributed by atoms with Crippen molar-refractivity contribution in [2.45, 2.75) is 32.9 Å². The molecule has 3 N–H and O–H groups in total. The molecule has 0 aliphatic rings. The number of amides is 1. The van der Waals surface area contributed by atoms with Gasteiger partial charge < -0.3 is 15.8 Å². The van der Waals surface area contributed by atoms with E-state index in [1.807, 2.05) is 19.1 Å². The van der Waals surface area contributed by atoms with Gasteiger partial charge in [-0.25, -0.2) is 0 Å². The van der Waals surface area contributed by atoms with Gasteiger partial charge in [0.05, 0.1) is 6.61 Å². The Morgan fingerprint density at radius 2 is 2.22 bits per heavy atom. The highest BCUT2D eigenvalue weighted by Gasteiger charge is 2.07. The van der Waals surface area contributed by atoms with Crippen molar-refractivity contribution in [3.63, 3.8) is 0 Å². The van der Waals surface area contributed by atoms with Crippen LogP contribution in [-0.2, 0) is 11.3 Å². The monoisotopic (exact) mass is 250 g/mol. The average Bonchev–Trinajstić information content (AvgIpc) is 2.35. The standard InChI is InChI=1S/C14H22N2O2/c1-4-13(9-18-3)16-8-12-6-5-11(14(15)17)7-10(12)2/h5-7,13,16H,4,8-9H2,1-3H3,(H2,15,17). The molecule has 18 heavy (non-hydrogen) atoms. The van der Waals surface area contributed by atoms with Crippen molar-refractivity contribution in [3.05, 3.63) is 34.9 Å². The third-order valence-electron chi connectivity index (χ3n) is 3.07. The summed E-state index contributed by atoms with van der Waals surface area (Å²) in [6.45, 7) is 5.59. The summed E-state index contributed by atoms with van der Waals surface area (Å²) in [4.78, 5) is 11.1. The average molecular weight is 250 g/mol. The lowest BCUT2D eigenvalue weighted by Crippen LogP contribution is -2.32. The second-order valence-electron chi connectivity index (χ2n) is 4.45. The first kappa shape index (κ1) is 14.7. The lowest BCUT2D eigenvalue weighted by atomic mass is 10.0. The van der Waals surface area contributed by atoms with Crippen LogP contribution in [-0.4, -0.2) is 25.7 Å². The predicted octanol–water partition coefficient (Wildman–Crippen LogP) is 1.61. The molecule has 4 nitrogen and oxygen atoms in total. The van der Waals surface area contributed by atoms with Crippen LogP contribution < -0.4 is 11.1 Å². The van der Waals surface area contributed by atoms with Crippen molar-refractivity contribution in [1.29, 1.82) is 0 Å². The second kappa shape index (κ2) is 7.13. The van der Waals surface area contributed by atoms with E-state index in [1.54, 1.807) is 13.2 Å². The number of methoxy groups -OCH3 is 1. The SMILES string of the molecule is CCC(COC)NCc1ccc(C(N)=O)cc1C. The molecule has 100 valence electrons. The molecule has 0 spiro atoms. The summed E-state index contributed by atoms with van der Waals surface area (Å²) < 4.78 is 5.14. The molecule has 0 aliphatic carbocycles. The van der Waals surface area contributed by atoms with Crippen molar-refractivity contribution in [3.8, 4) is 0 Å². The molecule has 1 unspecified atom stereocenters. The molecular formula is C14H22N2O2. The molecule has 1 atom stereocenters. The Labute approximate surface area is 109 Å². The molecule has 1 rings (SSSR count). The first-order valence-corrected chi connectivity index (χ1v) is 6.20. The van der Waals surface area contributed by atoms with Crippen LogP contribution in [0.25, 0.3) is 0 Å². The van der Waals surface area contributed by atoms with E-state index in [0.717, 1.165) is 18.5 Å². The van der Waals surface area contributed by atoms with Crippen molar-refractivity contribution in [2.24, 2.45) is 5.73 Å². The van der Waals surface area contributed by atoms with E-state index in [1.165, 1.54) is 5.56 Å². The predicted molar refractivity (Wildman–Crippen MR) is 72.5 cm³/mol. The van der Waals surface area contributed by atoms with Gasteiger partial charge in [-0.05, 0) is 36.6 Å². The minimum atomic E-state index is -0.386. The number of ether oxygens (including phenoxy) is 1. The van der Waals surface area contributed by atoms with Crippen molar-refractivity contribution in [2.75, 3.05) is 13.7 Å². The van der Waals surface area contributed by atoms with E-state index >= 15 is 0 Å². The zero-order valence-corrected chi connectivity index (χ0v) is 11.3. The highest BCUT2D eigenvalue weighted by atomic mass is 16.5. The topological polar surface area (TPSA) is 64.3 Å². The molecule has 4 heteroatoms. The third-order valence-corrected chi connectivity index (χ3v) is 3.07. The Morgan fingerprint density at radius 3 is 2.72 bits per heavy atom. The van der Waals surface area contributed by atoms with Gasteiger partial charge in [0.2, 0.25) is 5.91 Å². The highest BCUT2D eigenvalue weighted by molar-refractivity contribution is 5.93. The molecule has 0 saturated heterocycles. The van der Waals surface area contributed by atoms with Crippen LogP contribution in [0.15, 0.2) is 18.2 Å². The Balaban J connectivity index is 2.65. The van der Waals surface area contributed by atoms with Gasteiger partial charge in [-0.1, -0.05) is 13.0 Å². The van der Waals surface area contributed by atoms with Crippen molar-refractivity contribution < 1.29 is 9.53 Å². The normalized spacial score (nSPS) is 12.4. The zero-order chi connectivity index (χ0) is 13.5. The van der Waals surface area contributed by atoms with Crippen LogP contribution >= 0.6 is 0 Å². The van der Waals surface area contributed by atoms with Crippen LogP contribution in [0.1, 0.15) is 34.8 Å². The minimum absolute atomic E-state index is 0.352. The summed E-state index contributed by atoms with van der Waals surface area (Å²) in [6, 6.07) is 5.90. The Morgan fingerprint density at radius 1 is 1.50 bits per heavy atom. The number of nitrogens with two attached hydrogens (primary N) is 1. The number of benzene rings is 1. The van der Waals surface area contributed by atoms with E-state index in [-0.39, 0.29) is 5.91 Å². The Kier molecular flexibility index (Phi) is 5.82. The number of rotatable bonds is 7. The zero-order valence-electron chi connectivity index (χ0n) is 11.3. The fourth-order valence-electron chi connectivity index (χ4n) is 1.82. The largest absolute Gasteiger partial charge is 0.383 e. The van der Waals surface area contributed by atoms with Gasteiger partial charge in [0, 0.05) is 25.3 Å². The molecule has 1 aromatic rings. The number of hydrogen-bond acceptors (Lipinski definition) is 3. The lowest BCUT2D eigenvalue weighted by molar-refractivity contribution is 0.1000. The van der Waals surface area contributed by atoms with Gasteiger partial charge in [-0.3, -0.25) is 4.79 Å². The smallest absolute Gasteiger partial charge is 0.248 e. The van der Waals surface area contributed by atoms with Gasteiger partial charge in [0.1, 0.15) is 0 Å². The molecule has 0 radical (unpaired) electrons. The summed E-state index contributed by atoms with van der Waals surface area (Å²) in [7, 11) is 1.71. The number of hydrogen-bond donors (Lipinski definition) is 2. The number of nitrogens with one attached hydrogen (secondary N) is 1. The first-order valence-electron chi connectivity index (χ1n) is 6.20. The van der Waals surface area contributed by atoms with Gasteiger partial charge >= 0.3 is 0 Å². The molecule has 0 heterocycles. The number of primary amides is 1. The second-order valence-corrected chi connectivity index (χ2v) is 4.45. The van der Waals surface area contributed by atoms with Crippen LogP contribution in [0.3, 0.4) is 0 Å². The Hall–Kier alpha value is -1.39. The Bertz CT molecular complexity index is 405. The van der Waals surface area contributed by atoms with Crippen LogP contribution in [0, 0.1) is 6.92 Å². The minimum Gasteiger partial charge on any atom is -0.383 e. The van der Waals surface area contributed by atoms with E-state index in [4.69, 9.17) is 10.5 Å². The van der Waals surface area contributed by atoms with Gasteiger partial charge in [-0.2, -0.15) is 0 Å². The van der Waals surface area contributed by atoms with E-state index in [2.05, 4.69) is 12.2 Å². The molecule has 1 amide bonds. The van der Waals surface area contributed by atoms with E-state index < -0.39 is 0 Å². The quantitative estimate of drug-likeness (QED) is 0.772. The maximum absolute atomic E-state index is 11.1. The number of carbonyl (C=O) groups excluding carboxylic acids is 1. The third kappa shape index (κ3) is 4.13. The molecule has 0 aromatic heterocycles. The fourth-order valence-corrected chi connectivity index (χ4v) is 1.82. The van der Waals surface area contributed by atoms with Crippen molar-refractivity contribution in [1.82, 2.24) is 5.32 Å². The lowest BCUT2D eigenvalue weighted by Gasteiger charge is -2.17. The number of aryl methyl sites for hydroxylation is 1. The summed E-state index contributed by atoms with van der Waals surface area (Å²) in [5.41, 5.74) is 8.05. The van der Waals surface area contributed by atoms with Crippen LogP contribution in [0.2, 0.25) is 0 Å². The summed E-state index contributed by atoms with van der Waals surface area (Å²) in [5, 5.41) is 3.43. The van der Waals surface area contributed by atoms with E-state index in [9.17, 15) is 4.79 Å². The van der Waals surface area contributed by atoms with Crippen molar-refractivity contribution >= 4 is 5.91 Å². The molecular weight excluding hydrogens is 228 g/mol. The molecule has 0 fully saturated rings. The maximum atomic E-state index is 11.1. The summed E-state index contributed by atoms with van der Waals surface area (Å²) in [6.07, 6.45) is 1.02. The van der Waals surface area contributed by atoms with Gasteiger partial charge in [-0.15, -0.1) is 0 Å². The van der Waals surface area contributed by atoms with Crippen LogP contribution in [0.5, 0.6) is 0 Å². The maximum Gasteiger partial charge on any atom is 0.248 e. The van der Waals surface area contributed by atoms with Crippen LogP contribution in [0.4, 0.5) is 0 Å². The molecule has 0 saturated carbocycles. The molecule has 0 bridgehead atoms. The summed E-state index contributed by atoms with van der Waals surface area (Å²) in [5.74, 6) is -0.386. The summed E-state index contributed by atoms with van der Waals surface area (Å²) >= 11 is 0. The van der Waals surface area contributed by atoms with Gasteiger partial charge in [0.15, 0.2) is 0 Å². The molecule has 1 aromatic carbocycles. The van der Waals surface area contributed by atoms with Gasteiger partial charge in [0.25, 0.3) is 0 Å². The molecule has 0 aliphatic heterocycles. The highest BCUT2D eigenvalue weighted by Crippen LogP contribution is 2.11.